The molecule has 1 N–H and O–H groups in total. The van der Waals surface area contributed by atoms with E-state index in [1.807, 2.05) is 19.9 Å². The number of carbonyl (C=O) groups excluding carboxylic acids is 1. The predicted octanol–water partition coefficient (Wildman–Crippen LogP) is 1.94. The molecule has 1 atom stereocenters. The van der Waals surface area contributed by atoms with E-state index in [2.05, 4.69) is 0 Å². The molecule has 0 aliphatic carbocycles. The highest BCUT2D eigenvalue weighted by Gasteiger charge is 2.24. The van der Waals surface area contributed by atoms with Crippen molar-refractivity contribution in [2.45, 2.75) is 39.3 Å². The zero-order valence-electron chi connectivity index (χ0n) is 12.7. The molecule has 0 bridgehead atoms. The van der Waals surface area contributed by atoms with Crippen LogP contribution in [-0.2, 0) is 4.79 Å². The van der Waals surface area contributed by atoms with E-state index >= 15 is 0 Å². The maximum atomic E-state index is 12.4. The molecule has 0 heterocycles. The summed E-state index contributed by atoms with van der Waals surface area (Å²) < 4.78 is 5.63. The number of ether oxygens (including phenoxy) is 1. The number of aliphatic hydroxyl groups excluding tert-OH is 1. The van der Waals surface area contributed by atoms with E-state index in [9.17, 15) is 4.79 Å². The minimum atomic E-state index is -0.680. The number of nitriles is 1. The monoisotopic (exact) mass is 290 g/mol. The summed E-state index contributed by atoms with van der Waals surface area (Å²) in [5.74, 6) is 0.262. The van der Waals surface area contributed by atoms with Crippen LogP contribution < -0.4 is 4.74 Å². The Bertz CT molecular complexity index is 508. The molecule has 114 valence electrons. The minimum absolute atomic E-state index is 0.0290. The molecule has 1 aromatic carbocycles. The quantitative estimate of drug-likeness (QED) is 0.833. The maximum Gasteiger partial charge on any atom is 0.263 e. The van der Waals surface area contributed by atoms with Gasteiger partial charge in [-0.25, -0.2) is 0 Å². The van der Waals surface area contributed by atoms with Crippen molar-refractivity contribution < 1.29 is 14.6 Å². The number of amides is 1. The molecule has 1 rings (SSSR count). The standard InChI is InChI=1S/C16H22N2O3/c1-12(2)18(9-6-10-19)16(20)13(3)21-15-8-5-4-7-14(15)11-17/h4-5,7-8,12-13,19H,6,9-10H2,1-3H3. The van der Waals surface area contributed by atoms with Gasteiger partial charge in [0.05, 0.1) is 5.56 Å². The van der Waals surface area contributed by atoms with Gasteiger partial charge in [0.1, 0.15) is 11.8 Å². The van der Waals surface area contributed by atoms with Gasteiger partial charge in [0.15, 0.2) is 6.10 Å². The lowest BCUT2D eigenvalue weighted by atomic mass is 10.2. The van der Waals surface area contributed by atoms with Gasteiger partial charge in [-0.1, -0.05) is 12.1 Å². The average molecular weight is 290 g/mol. The molecule has 21 heavy (non-hydrogen) atoms. The second-order valence-electron chi connectivity index (χ2n) is 5.07. The summed E-state index contributed by atoms with van der Waals surface area (Å²) in [6.07, 6.45) is -0.147. The molecular formula is C16H22N2O3. The molecule has 5 nitrogen and oxygen atoms in total. The van der Waals surface area contributed by atoms with Gasteiger partial charge in [0, 0.05) is 19.2 Å². The molecule has 0 aromatic heterocycles. The zero-order valence-corrected chi connectivity index (χ0v) is 12.7. The summed E-state index contributed by atoms with van der Waals surface area (Å²) in [4.78, 5) is 14.1. The summed E-state index contributed by atoms with van der Waals surface area (Å²) in [7, 11) is 0. The van der Waals surface area contributed by atoms with Crippen molar-refractivity contribution in [1.29, 1.82) is 5.26 Å². The van der Waals surface area contributed by atoms with Crippen LogP contribution in [0.2, 0.25) is 0 Å². The Balaban J connectivity index is 2.79. The molecule has 1 aromatic rings. The highest BCUT2D eigenvalue weighted by Crippen LogP contribution is 2.19. The van der Waals surface area contributed by atoms with E-state index in [4.69, 9.17) is 15.1 Å². The van der Waals surface area contributed by atoms with Crippen molar-refractivity contribution in [2.75, 3.05) is 13.2 Å². The van der Waals surface area contributed by atoms with Crippen molar-refractivity contribution in [3.63, 3.8) is 0 Å². The van der Waals surface area contributed by atoms with Crippen molar-refractivity contribution in [3.8, 4) is 11.8 Å². The SMILES string of the molecule is CC(Oc1ccccc1C#N)C(=O)N(CCCO)C(C)C. The lowest BCUT2D eigenvalue weighted by molar-refractivity contribution is -0.139. The van der Waals surface area contributed by atoms with Gasteiger partial charge in [-0.2, -0.15) is 5.26 Å². The highest BCUT2D eigenvalue weighted by molar-refractivity contribution is 5.81. The summed E-state index contributed by atoms with van der Waals surface area (Å²) in [6.45, 7) is 6.05. The third-order valence-electron chi connectivity index (χ3n) is 3.12. The van der Waals surface area contributed by atoms with Crippen LogP contribution in [0.1, 0.15) is 32.8 Å². The number of para-hydroxylation sites is 1. The Morgan fingerprint density at radius 2 is 2.05 bits per heavy atom. The number of hydrogen-bond donors (Lipinski definition) is 1. The van der Waals surface area contributed by atoms with Crippen molar-refractivity contribution in [1.82, 2.24) is 4.90 Å². The first-order chi connectivity index (χ1) is 10.0. The lowest BCUT2D eigenvalue weighted by Gasteiger charge is -2.29. The fraction of sp³-hybridized carbons (Fsp3) is 0.500. The van der Waals surface area contributed by atoms with E-state index in [0.29, 0.717) is 24.3 Å². The highest BCUT2D eigenvalue weighted by atomic mass is 16.5. The third-order valence-corrected chi connectivity index (χ3v) is 3.12. The summed E-state index contributed by atoms with van der Waals surface area (Å²) in [5, 5.41) is 17.9. The summed E-state index contributed by atoms with van der Waals surface area (Å²) in [5.41, 5.74) is 0.406. The van der Waals surface area contributed by atoms with Crippen LogP contribution in [0.4, 0.5) is 0 Å². The number of nitrogens with zero attached hydrogens (tertiary/aromatic N) is 2. The van der Waals surface area contributed by atoms with Gasteiger partial charge >= 0.3 is 0 Å². The lowest BCUT2D eigenvalue weighted by Crippen LogP contribution is -2.45. The van der Waals surface area contributed by atoms with Gasteiger partial charge < -0.3 is 14.7 Å². The molecular weight excluding hydrogens is 268 g/mol. The molecule has 0 radical (unpaired) electrons. The maximum absolute atomic E-state index is 12.4. The smallest absolute Gasteiger partial charge is 0.263 e. The van der Waals surface area contributed by atoms with Crippen LogP contribution in [0.3, 0.4) is 0 Å². The number of rotatable bonds is 7. The van der Waals surface area contributed by atoms with Crippen LogP contribution in [0.25, 0.3) is 0 Å². The Hall–Kier alpha value is -2.06. The molecule has 1 unspecified atom stereocenters. The van der Waals surface area contributed by atoms with Gasteiger partial charge in [0.25, 0.3) is 5.91 Å². The molecule has 0 saturated carbocycles. The Morgan fingerprint density at radius 1 is 1.38 bits per heavy atom. The Morgan fingerprint density at radius 3 is 2.62 bits per heavy atom. The summed E-state index contributed by atoms with van der Waals surface area (Å²) >= 11 is 0. The molecule has 0 aliphatic heterocycles. The third kappa shape index (κ3) is 4.76. The van der Waals surface area contributed by atoms with Crippen LogP contribution in [-0.4, -0.2) is 41.2 Å². The normalized spacial score (nSPS) is 11.8. The number of benzene rings is 1. The van der Waals surface area contributed by atoms with E-state index < -0.39 is 6.10 Å². The Labute approximate surface area is 125 Å². The molecule has 0 spiro atoms. The number of carbonyl (C=O) groups is 1. The van der Waals surface area contributed by atoms with Crippen molar-refractivity contribution in [2.24, 2.45) is 0 Å². The van der Waals surface area contributed by atoms with Crippen LogP contribution in [0.15, 0.2) is 24.3 Å². The van der Waals surface area contributed by atoms with E-state index in [1.165, 1.54) is 0 Å². The molecule has 5 heteroatoms. The first kappa shape index (κ1) is 17.0. The minimum Gasteiger partial charge on any atom is -0.480 e. The Kier molecular flexibility index (Phi) is 6.70. The predicted molar refractivity (Wildman–Crippen MR) is 79.8 cm³/mol. The molecule has 0 aliphatic rings. The van der Waals surface area contributed by atoms with Crippen LogP contribution >= 0.6 is 0 Å². The second-order valence-corrected chi connectivity index (χ2v) is 5.07. The first-order valence-electron chi connectivity index (χ1n) is 7.08. The second kappa shape index (κ2) is 8.28. The number of hydrogen-bond acceptors (Lipinski definition) is 4. The summed E-state index contributed by atoms with van der Waals surface area (Å²) in [6, 6.07) is 8.91. The van der Waals surface area contributed by atoms with Crippen LogP contribution in [0, 0.1) is 11.3 Å². The molecule has 1 amide bonds. The van der Waals surface area contributed by atoms with Crippen molar-refractivity contribution in [3.05, 3.63) is 29.8 Å². The van der Waals surface area contributed by atoms with Crippen LogP contribution in [0.5, 0.6) is 5.75 Å². The topological polar surface area (TPSA) is 73.6 Å². The average Bonchev–Trinajstić information content (AvgIpc) is 2.47. The van der Waals surface area contributed by atoms with Crippen molar-refractivity contribution >= 4 is 5.91 Å². The number of aliphatic hydroxyl groups is 1. The van der Waals surface area contributed by atoms with E-state index in [-0.39, 0.29) is 18.6 Å². The van der Waals surface area contributed by atoms with Gasteiger partial charge in [0.2, 0.25) is 0 Å². The van der Waals surface area contributed by atoms with Gasteiger partial charge in [-0.3, -0.25) is 4.79 Å². The van der Waals surface area contributed by atoms with Gasteiger partial charge in [-0.15, -0.1) is 0 Å². The molecule has 0 saturated heterocycles. The largest absolute Gasteiger partial charge is 0.480 e. The van der Waals surface area contributed by atoms with Gasteiger partial charge in [-0.05, 0) is 39.3 Å². The van der Waals surface area contributed by atoms with E-state index in [0.717, 1.165) is 0 Å². The molecule has 0 fully saturated rings. The zero-order chi connectivity index (χ0) is 15.8. The van der Waals surface area contributed by atoms with E-state index in [1.54, 1.807) is 36.1 Å². The fourth-order valence-electron chi connectivity index (χ4n) is 2.00. The fourth-order valence-corrected chi connectivity index (χ4v) is 2.00. The first-order valence-corrected chi connectivity index (χ1v) is 7.08.